The Hall–Kier alpha value is -3.54. The van der Waals surface area contributed by atoms with Crippen LogP contribution in [0.5, 0.6) is 0 Å². The molecule has 6 nitrogen and oxygen atoms in total. The maximum atomic E-state index is 12.4. The number of anilines is 1. The van der Waals surface area contributed by atoms with Crippen LogP contribution in [-0.4, -0.2) is 16.6 Å². The maximum Gasteiger partial charge on any atom is 0.272 e. The van der Waals surface area contributed by atoms with E-state index >= 15 is 0 Å². The number of H-pyrrole nitrogens is 1. The summed E-state index contributed by atoms with van der Waals surface area (Å²) in [6, 6.07) is 17.0. The molecule has 5 N–H and O–H groups in total. The molecule has 0 aliphatic carbocycles. The summed E-state index contributed by atoms with van der Waals surface area (Å²) in [6.45, 7) is 5.38. The Morgan fingerprint density at radius 1 is 1.16 bits per heavy atom. The van der Waals surface area contributed by atoms with E-state index in [0.717, 1.165) is 22.2 Å². The summed E-state index contributed by atoms with van der Waals surface area (Å²) in [7, 11) is 0. The summed E-state index contributed by atoms with van der Waals surface area (Å²) in [5.74, 6) is 0.0944. The molecule has 0 aliphatic heterocycles. The van der Waals surface area contributed by atoms with Gasteiger partial charge in [-0.15, -0.1) is 0 Å². The van der Waals surface area contributed by atoms with E-state index in [-0.39, 0.29) is 11.7 Å². The van der Waals surface area contributed by atoms with Crippen LogP contribution in [0.2, 0.25) is 0 Å². The van der Waals surface area contributed by atoms with E-state index in [1.54, 1.807) is 0 Å². The molecule has 1 aromatic heterocycles. The highest BCUT2D eigenvalue weighted by Gasteiger charge is 2.09. The highest BCUT2D eigenvalue weighted by atomic mass is 16.1. The molecule has 0 spiro atoms. The zero-order chi connectivity index (χ0) is 17.8. The lowest BCUT2D eigenvalue weighted by Gasteiger charge is -2.06. The second-order valence-electron chi connectivity index (χ2n) is 5.64. The molecular formula is C19H19N5O. The van der Waals surface area contributed by atoms with Crippen LogP contribution in [0, 0.1) is 0 Å². The molecule has 0 fully saturated rings. The summed E-state index contributed by atoms with van der Waals surface area (Å²) in [4.78, 5) is 15.5. The summed E-state index contributed by atoms with van der Waals surface area (Å²) in [6.07, 6.45) is 0. The molecule has 3 aromatic rings. The van der Waals surface area contributed by atoms with Crippen LogP contribution in [-0.2, 0) is 0 Å². The van der Waals surface area contributed by atoms with E-state index < -0.39 is 0 Å². The molecule has 0 saturated carbocycles. The predicted octanol–water partition coefficient (Wildman–Crippen LogP) is 3.16. The van der Waals surface area contributed by atoms with Crippen molar-refractivity contribution >= 4 is 28.2 Å². The Morgan fingerprint density at radius 2 is 1.88 bits per heavy atom. The number of aromatic amines is 1. The van der Waals surface area contributed by atoms with Gasteiger partial charge in [0.1, 0.15) is 11.5 Å². The minimum Gasteiger partial charge on any atom is -0.385 e. The van der Waals surface area contributed by atoms with E-state index in [1.165, 1.54) is 0 Å². The molecule has 3 rings (SSSR count). The van der Waals surface area contributed by atoms with Gasteiger partial charge < -0.3 is 16.0 Å². The topological polar surface area (TPSA) is 95.3 Å². The number of hydrogen-bond donors (Lipinski definition) is 4. The molecule has 2 aromatic carbocycles. The first-order valence-corrected chi connectivity index (χ1v) is 7.77. The number of hydrazone groups is 1. The SMILES string of the molecule is C=C(N)N/N=C(\C)c1ccc(NC(=O)c2cc3ccccc3[nH]2)cc1. The lowest BCUT2D eigenvalue weighted by Crippen LogP contribution is -2.15. The highest BCUT2D eigenvalue weighted by molar-refractivity contribution is 6.06. The fourth-order valence-corrected chi connectivity index (χ4v) is 2.41. The molecule has 126 valence electrons. The van der Waals surface area contributed by atoms with Crippen LogP contribution < -0.4 is 16.5 Å². The van der Waals surface area contributed by atoms with Crippen LogP contribution >= 0.6 is 0 Å². The van der Waals surface area contributed by atoms with Crippen molar-refractivity contribution in [3.8, 4) is 0 Å². The van der Waals surface area contributed by atoms with Crippen LogP contribution in [0.4, 0.5) is 5.69 Å². The minimum atomic E-state index is -0.185. The van der Waals surface area contributed by atoms with Crippen LogP contribution in [0.3, 0.4) is 0 Å². The number of nitrogens with two attached hydrogens (primary N) is 1. The Balaban J connectivity index is 1.71. The zero-order valence-corrected chi connectivity index (χ0v) is 13.8. The molecule has 0 bridgehead atoms. The van der Waals surface area contributed by atoms with Gasteiger partial charge >= 0.3 is 0 Å². The Morgan fingerprint density at radius 3 is 2.56 bits per heavy atom. The number of rotatable bonds is 5. The Labute approximate surface area is 145 Å². The second kappa shape index (κ2) is 6.92. The third kappa shape index (κ3) is 3.87. The largest absolute Gasteiger partial charge is 0.385 e. The molecule has 0 radical (unpaired) electrons. The second-order valence-corrected chi connectivity index (χ2v) is 5.64. The molecule has 0 aliphatic rings. The first-order chi connectivity index (χ1) is 12.0. The Bertz CT molecular complexity index is 920. The standard InChI is InChI=1S/C19H19N5O/c1-12(23-24-13(2)20)14-7-9-16(10-8-14)21-19(25)18-11-15-5-3-4-6-17(15)22-18/h3-11,22,24H,2,20H2,1H3,(H,21,25)/b23-12+. The van der Waals surface area contributed by atoms with Gasteiger partial charge in [-0.2, -0.15) is 5.10 Å². The fourth-order valence-electron chi connectivity index (χ4n) is 2.41. The molecule has 0 unspecified atom stereocenters. The first kappa shape index (κ1) is 16.3. The van der Waals surface area contributed by atoms with Crippen molar-refractivity contribution in [3.63, 3.8) is 0 Å². The van der Waals surface area contributed by atoms with Gasteiger partial charge in [-0.1, -0.05) is 36.9 Å². The number of aromatic nitrogens is 1. The monoisotopic (exact) mass is 333 g/mol. The van der Waals surface area contributed by atoms with Crippen molar-refractivity contribution in [1.29, 1.82) is 0 Å². The van der Waals surface area contributed by atoms with Gasteiger partial charge in [-0.25, -0.2) is 0 Å². The third-order valence-corrected chi connectivity index (χ3v) is 3.70. The smallest absolute Gasteiger partial charge is 0.272 e. The zero-order valence-electron chi connectivity index (χ0n) is 13.8. The summed E-state index contributed by atoms with van der Waals surface area (Å²) < 4.78 is 0. The van der Waals surface area contributed by atoms with Crippen molar-refractivity contribution in [2.75, 3.05) is 5.32 Å². The summed E-state index contributed by atoms with van der Waals surface area (Å²) in [5.41, 5.74) is 11.9. The molecule has 6 heteroatoms. The first-order valence-electron chi connectivity index (χ1n) is 7.77. The lowest BCUT2D eigenvalue weighted by atomic mass is 10.1. The van der Waals surface area contributed by atoms with Gasteiger partial charge in [-0.3, -0.25) is 10.2 Å². The fraction of sp³-hybridized carbons (Fsp3) is 0.0526. The van der Waals surface area contributed by atoms with Crippen molar-refractivity contribution in [1.82, 2.24) is 10.4 Å². The van der Waals surface area contributed by atoms with E-state index in [4.69, 9.17) is 5.73 Å². The number of fused-ring (bicyclic) bond motifs is 1. The van der Waals surface area contributed by atoms with Gasteiger partial charge in [-0.05, 0) is 36.8 Å². The van der Waals surface area contributed by atoms with E-state index in [0.29, 0.717) is 11.4 Å². The average molecular weight is 333 g/mol. The Kier molecular flexibility index (Phi) is 4.52. The summed E-state index contributed by atoms with van der Waals surface area (Å²) >= 11 is 0. The normalized spacial score (nSPS) is 11.3. The summed E-state index contributed by atoms with van der Waals surface area (Å²) in [5, 5.41) is 7.99. The number of nitrogens with one attached hydrogen (secondary N) is 3. The van der Waals surface area contributed by atoms with Crippen molar-refractivity contribution in [3.05, 3.63) is 78.3 Å². The van der Waals surface area contributed by atoms with Gasteiger partial charge in [0.2, 0.25) is 0 Å². The molecule has 0 atom stereocenters. The number of amides is 1. The third-order valence-electron chi connectivity index (χ3n) is 3.70. The number of para-hydroxylation sites is 1. The molecule has 0 saturated heterocycles. The van der Waals surface area contributed by atoms with Crippen molar-refractivity contribution < 1.29 is 4.79 Å². The van der Waals surface area contributed by atoms with Gasteiger partial charge in [0, 0.05) is 16.6 Å². The van der Waals surface area contributed by atoms with Crippen molar-refractivity contribution in [2.24, 2.45) is 10.8 Å². The van der Waals surface area contributed by atoms with Crippen LogP contribution in [0.25, 0.3) is 10.9 Å². The molecule has 1 amide bonds. The lowest BCUT2D eigenvalue weighted by molar-refractivity contribution is 0.102. The minimum absolute atomic E-state index is 0.185. The highest BCUT2D eigenvalue weighted by Crippen LogP contribution is 2.16. The van der Waals surface area contributed by atoms with Crippen LogP contribution in [0.15, 0.2) is 72.1 Å². The quantitative estimate of drug-likeness (QED) is 0.426. The van der Waals surface area contributed by atoms with Crippen LogP contribution in [0.1, 0.15) is 23.0 Å². The van der Waals surface area contributed by atoms with E-state index in [2.05, 4.69) is 27.4 Å². The number of hydrogen-bond acceptors (Lipinski definition) is 4. The van der Waals surface area contributed by atoms with Gasteiger partial charge in [0.25, 0.3) is 5.91 Å². The number of carbonyl (C=O) groups excluding carboxylic acids is 1. The molecule has 25 heavy (non-hydrogen) atoms. The van der Waals surface area contributed by atoms with E-state index in [1.807, 2.05) is 61.5 Å². The molecular weight excluding hydrogens is 314 g/mol. The van der Waals surface area contributed by atoms with Gasteiger partial charge in [0.05, 0.1) is 5.71 Å². The number of benzene rings is 2. The maximum absolute atomic E-state index is 12.4. The predicted molar refractivity (Wildman–Crippen MR) is 101 cm³/mol. The number of nitrogens with zero attached hydrogens (tertiary/aromatic N) is 1. The number of carbonyl (C=O) groups is 1. The average Bonchev–Trinajstić information content (AvgIpc) is 3.04. The molecule has 1 heterocycles. The van der Waals surface area contributed by atoms with E-state index in [9.17, 15) is 4.79 Å². The van der Waals surface area contributed by atoms with Crippen molar-refractivity contribution in [2.45, 2.75) is 6.92 Å². The van der Waals surface area contributed by atoms with Gasteiger partial charge in [0.15, 0.2) is 0 Å².